The lowest BCUT2D eigenvalue weighted by molar-refractivity contribution is -0.157. The number of ether oxygens (including phenoxy) is 2. The quantitative estimate of drug-likeness (QED) is 0.439. The summed E-state index contributed by atoms with van der Waals surface area (Å²) in [5, 5.41) is 22.2. The van der Waals surface area contributed by atoms with Gasteiger partial charge in [0.25, 0.3) is 0 Å². The third-order valence-corrected chi connectivity index (χ3v) is 2.86. The highest BCUT2D eigenvalue weighted by Gasteiger charge is 2.29. The predicted octanol–water partition coefficient (Wildman–Crippen LogP) is 0.563. The third-order valence-electron chi connectivity index (χ3n) is 2.86. The summed E-state index contributed by atoms with van der Waals surface area (Å²) in [6.07, 6.45) is -1.26. The number of hydrogen-bond donors (Lipinski definition) is 4. The normalized spacial score (nSPS) is 13.9. The van der Waals surface area contributed by atoms with Gasteiger partial charge in [0.05, 0.1) is 6.61 Å². The van der Waals surface area contributed by atoms with E-state index in [2.05, 4.69) is 10.6 Å². The van der Waals surface area contributed by atoms with Gasteiger partial charge in [-0.05, 0) is 48.0 Å². The summed E-state index contributed by atoms with van der Waals surface area (Å²) in [4.78, 5) is 46.9. The number of aliphatic carboxylic acids is 1. The number of hydrogen-bond acceptors (Lipinski definition) is 7. The van der Waals surface area contributed by atoms with E-state index < -0.39 is 53.8 Å². The summed E-state index contributed by atoms with van der Waals surface area (Å²) >= 11 is 0. The van der Waals surface area contributed by atoms with Crippen molar-refractivity contribution >= 4 is 23.9 Å². The molecule has 10 heteroatoms. The molecule has 0 saturated carbocycles. The number of rotatable bonds is 8. The molecule has 156 valence electrons. The van der Waals surface area contributed by atoms with E-state index in [1.54, 1.807) is 41.5 Å². The zero-order valence-corrected chi connectivity index (χ0v) is 16.6. The van der Waals surface area contributed by atoms with Crippen molar-refractivity contribution in [3.63, 3.8) is 0 Å². The third kappa shape index (κ3) is 11.8. The van der Waals surface area contributed by atoms with Gasteiger partial charge in [0.15, 0.2) is 0 Å². The molecule has 2 amide bonds. The van der Waals surface area contributed by atoms with Crippen LogP contribution in [-0.4, -0.2) is 64.0 Å². The number of carbonyl (C=O) groups is 4. The first-order chi connectivity index (χ1) is 12.1. The minimum Gasteiger partial charge on any atom is -0.480 e. The topological polar surface area (TPSA) is 151 Å². The van der Waals surface area contributed by atoms with Gasteiger partial charge in [-0.25, -0.2) is 14.4 Å². The number of nitrogens with one attached hydrogen (secondary N) is 2. The van der Waals surface area contributed by atoms with Crippen molar-refractivity contribution < 1.29 is 38.9 Å². The van der Waals surface area contributed by atoms with Crippen molar-refractivity contribution in [2.24, 2.45) is 0 Å². The smallest absolute Gasteiger partial charge is 0.408 e. The maximum atomic E-state index is 12.3. The Kier molecular flexibility index (Phi) is 9.22. The first-order valence-corrected chi connectivity index (χ1v) is 8.50. The second-order valence-electron chi connectivity index (χ2n) is 7.91. The number of esters is 1. The van der Waals surface area contributed by atoms with Crippen LogP contribution in [0.4, 0.5) is 4.79 Å². The largest absolute Gasteiger partial charge is 0.480 e. The lowest BCUT2D eigenvalue weighted by Gasteiger charge is -2.26. The Morgan fingerprint density at radius 3 is 1.81 bits per heavy atom. The Bertz CT molecular complexity index is 548. The molecule has 0 aromatic carbocycles. The molecular weight excluding hydrogens is 360 g/mol. The summed E-state index contributed by atoms with van der Waals surface area (Å²) < 4.78 is 10.3. The van der Waals surface area contributed by atoms with Crippen molar-refractivity contribution in [1.29, 1.82) is 0 Å². The molecule has 0 aliphatic carbocycles. The first-order valence-electron chi connectivity index (χ1n) is 8.50. The van der Waals surface area contributed by atoms with E-state index in [4.69, 9.17) is 19.7 Å². The van der Waals surface area contributed by atoms with Crippen molar-refractivity contribution in [1.82, 2.24) is 10.6 Å². The van der Waals surface area contributed by atoms with Crippen LogP contribution in [-0.2, 0) is 23.9 Å². The Balaban J connectivity index is 4.98. The average molecular weight is 390 g/mol. The van der Waals surface area contributed by atoms with E-state index in [0.29, 0.717) is 0 Å². The highest BCUT2D eigenvalue weighted by atomic mass is 16.6. The Hall–Kier alpha value is -2.36. The molecule has 0 bridgehead atoms. The van der Waals surface area contributed by atoms with Crippen LogP contribution in [0.2, 0.25) is 0 Å². The summed E-state index contributed by atoms with van der Waals surface area (Å²) in [7, 11) is 0. The van der Waals surface area contributed by atoms with Crippen molar-refractivity contribution in [2.75, 3.05) is 6.61 Å². The van der Waals surface area contributed by atoms with Crippen LogP contribution in [0, 0.1) is 0 Å². The highest BCUT2D eigenvalue weighted by Crippen LogP contribution is 2.12. The summed E-state index contributed by atoms with van der Waals surface area (Å²) in [6, 6.07) is -2.61. The van der Waals surface area contributed by atoms with Crippen LogP contribution in [0.1, 0.15) is 54.4 Å². The molecule has 4 N–H and O–H groups in total. The number of amides is 2. The zero-order valence-electron chi connectivity index (χ0n) is 16.6. The number of carboxylic acids is 1. The van der Waals surface area contributed by atoms with E-state index >= 15 is 0 Å². The van der Waals surface area contributed by atoms with Crippen molar-refractivity contribution in [3.8, 4) is 0 Å². The summed E-state index contributed by atoms with van der Waals surface area (Å²) in [5.74, 6) is -2.84. The van der Waals surface area contributed by atoms with Gasteiger partial charge in [-0.3, -0.25) is 4.79 Å². The molecule has 0 heterocycles. The van der Waals surface area contributed by atoms with Crippen LogP contribution in [0.15, 0.2) is 0 Å². The highest BCUT2D eigenvalue weighted by molar-refractivity contribution is 5.85. The van der Waals surface area contributed by atoms with Gasteiger partial charge in [0, 0.05) is 6.42 Å². The van der Waals surface area contributed by atoms with Gasteiger partial charge in [0.1, 0.15) is 23.3 Å². The van der Waals surface area contributed by atoms with Crippen molar-refractivity contribution in [3.05, 3.63) is 0 Å². The van der Waals surface area contributed by atoms with Crippen LogP contribution >= 0.6 is 0 Å². The monoisotopic (exact) mass is 390 g/mol. The standard InChI is InChI=1S/C17H30N2O8/c1-16(2,3)26-14(24)10(19-15(25)27-17(4,5)6)7-8-12(21)18-11(9-20)13(22)23/h10-11,20H,7-9H2,1-6H3,(H,18,21)(H,19,25)(H,22,23)/t10-,11-/m0/s1. The van der Waals surface area contributed by atoms with Gasteiger partial charge >= 0.3 is 18.0 Å². The Morgan fingerprint density at radius 1 is 0.889 bits per heavy atom. The predicted molar refractivity (Wildman–Crippen MR) is 94.9 cm³/mol. The van der Waals surface area contributed by atoms with E-state index in [0.717, 1.165) is 0 Å². The van der Waals surface area contributed by atoms with Gasteiger partial charge in [-0.1, -0.05) is 0 Å². The SMILES string of the molecule is CC(C)(C)OC(=O)N[C@@H](CCC(=O)N[C@@H](CO)C(=O)O)C(=O)OC(C)(C)C. The molecule has 10 nitrogen and oxygen atoms in total. The molecule has 0 rings (SSSR count). The number of aliphatic hydroxyl groups excluding tert-OH is 1. The fourth-order valence-corrected chi connectivity index (χ4v) is 1.80. The molecular formula is C17H30N2O8. The van der Waals surface area contributed by atoms with Gasteiger partial charge in [-0.2, -0.15) is 0 Å². The molecule has 0 spiro atoms. The molecule has 0 saturated heterocycles. The molecule has 0 radical (unpaired) electrons. The van der Waals surface area contributed by atoms with Crippen LogP contribution in [0.3, 0.4) is 0 Å². The van der Waals surface area contributed by atoms with E-state index in [1.165, 1.54) is 0 Å². The van der Waals surface area contributed by atoms with Gasteiger partial charge < -0.3 is 30.3 Å². The lowest BCUT2D eigenvalue weighted by Crippen LogP contribution is -2.47. The Morgan fingerprint density at radius 2 is 1.41 bits per heavy atom. The number of carboxylic acid groups (broad SMARTS) is 1. The van der Waals surface area contributed by atoms with Gasteiger partial charge in [-0.15, -0.1) is 0 Å². The number of aliphatic hydroxyl groups is 1. The van der Waals surface area contributed by atoms with E-state index in [-0.39, 0.29) is 12.8 Å². The van der Waals surface area contributed by atoms with Gasteiger partial charge in [0.2, 0.25) is 5.91 Å². The number of carbonyl (C=O) groups excluding carboxylic acids is 3. The molecule has 0 aliphatic heterocycles. The molecule has 0 aliphatic rings. The molecule has 0 aromatic rings. The first kappa shape index (κ1) is 24.6. The van der Waals surface area contributed by atoms with E-state index in [1.807, 2.05) is 0 Å². The van der Waals surface area contributed by atoms with Crippen LogP contribution in [0.5, 0.6) is 0 Å². The van der Waals surface area contributed by atoms with Crippen LogP contribution < -0.4 is 10.6 Å². The fraction of sp³-hybridized carbons (Fsp3) is 0.765. The average Bonchev–Trinajstić information content (AvgIpc) is 2.44. The fourth-order valence-electron chi connectivity index (χ4n) is 1.80. The van der Waals surface area contributed by atoms with Crippen LogP contribution in [0.25, 0.3) is 0 Å². The summed E-state index contributed by atoms with van der Waals surface area (Å²) in [5.41, 5.74) is -1.59. The molecule has 0 fully saturated rings. The molecule has 0 unspecified atom stereocenters. The maximum Gasteiger partial charge on any atom is 0.408 e. The second-order valence-corrected chi connectivity index (χ2v) is 7.91. The molecule has 27 heavy (non-hydrogen) atoms. The minimum atomic E-state index is -1.45. The molecule has 2 atom stereocenters. The van der Waals surface area contributed by atoms with E-state index in [9.17, 15) is 19.2 Å². The maximum absolute atomic E-state index is 12.3. The zero-order chi connectivity index (χ0) is 21.4. The molecule has 0 aromatic heterocycles. The van der Waals surface area contributed by atoms with Crippen molar-refractivity contribution in [2.45, 2.75) is 77.7 Å². The number of alkyl carbamates (subject to hydrolysis) is 1. The Labute approximate surface area is 158 Å². The lowest BCUT2D eigenvalue weighted by atomic mass is 10.1. The second kappa shape index (κ2) is 10.1. The summed E-state index contributed by atoms with van der Waals surface area (Å²) in [6.45, 7) is 9.16. The minimum absolute atomic E-state index is 0.141.